The molecule has 5 atom stereocenters. The smallest absolute Gasteiger partial charge is 0.161 e. The molecule has 0 radical (unpaired) electrons. The number of methoxy groups -OCH3 is 2. The minimum atomic E-state index is -0.770. The number of hydrogen-bond acceptors (Lipinski definition) is 4. The Kier molecular flexibility index (Phi) is 3.99. The van der Waals surface area contributed by atoms with Gasteiger partial charge in [-0.25, -0.2) is 0 Å². The van der Waals surface area contributed by atoms with Gasteiger partial charge in [-0.2, -0.15) is 0 Å². The number of aliphatic hydroxyl groups is 2. The van der Waals surface area contributed by atoms with Gasteiger partial charge in [-0.1, -0.05) is 0 Å². The van der Waals surface area contributed by atoms with Crippen LogP contribution in [0.5, 0.6) is 11.5 Å². The number of rotatable bonds is 3. The van der Waals surface area contributed by atoms with E-state index < -0.39 is 12.2 Å². The van der Waals surface area contributed by atoms with Gasteiger partial charge in [0.25, 0.3) is 0 Å². The summed E-state index contributed by atoms with van der Waals surface area (Å²) in [5.41, 5.74) is 0.936. The van der Waals surface area contributed by atoms with Crippen LogP contribution >= 0.6 is 0 Å². The maximum atomic E-state index is 10.2. The van der Waals surface area contributed by atoms with Crippen LogP contribution in [0.15, 0.2) is 18.2 Å². The van der Waals surface area contributed by atoms with Crippen molar-refractivity contribution in [2.24, 2.45) is 0 Å². The number of benzene rings is 1. The van der Waals surface area contributed by atoms with Crippen molar-refractivity contribution in [3.63, 3.8) is 0 Å². The summed E-state index contributed by atoms with van der Waals surface area (Å²) >= 11 is 0. The van der Waals surface area contributed by atoms with Crippen LogP contribution in [0.2, 0.25) is 0 Å². The normalized spacial score (nSPS) is 34.3. The van der Waals surface area contributed by atoms with Gasteiger partial charge < -0.3 is 24.6 Å². The Hall–Kier alpha value is -1.30. The van der Waals surface area contributed by atoms with Crippen molar-refractivity contribution >= 4 is 0 Å². The highest BCUT2D eigenvalue weighted by atomic mass is 16.5. The summed E-state index contributed by atoms with van der Waals surface area (Å²) in [5.74, 6) is 1.29. The number of likely N-dealkylation sites (N-methyl/N-ethyl adjacent to an activating group) is 1. The van der Waals surface area contributed by atoms with Crippen LogP contribution in [0, 0.1) is 0 Å². The second kappa shape index (κ2) is 5.36. The van der Waals surface area contributed by atoms with Crippen LogP contribution in [0.25, 0.3) is 0 Å². The van der Waals surface area contributed by atoms with Gasteiger partial charge in [-0.05, 0) is 25.1 Å². The van der Waals surface area contributed by atoms with Crippen molar-refractivity contribution in [2.75, 3.05) is 21.3 Å². The molecule has 5 heteroatoms. The van der Waals surface area contributed by atoms with Crippen molar-refractivity contribution in [1.82, 2.24) is 0 Å². The average Bonchev–Trinajstić information content (AvgIpc) is 2.62. The molecule has 1 heterocycles. The van der Waals surface area contributed by atoms with Crippen molar-refractivity contribution in [1.29, 1.82) is 0 Å². The fraction of sp³-hybridized carbons (Fsp3) is 0.571. The Balaban J connectivity index is 2.37. The molecular weight excluding hydrogens is 246 g/mol. The molecule has 106 valence electrons. The summed E-state index contributed by atoms with van der Waals surface area (Å²) < 4.78 is 10.5. The van der Waals surface area contributed by atoms with E-state index in [2.05, 4.69) is 0 Å². The molecule has 3 N–H and O–H groups in total. The lowest BCUT2D eigenvalue weighted by atomic mass is 10.0. The minimum Gasteiger partial charge on any atom is -0.493 e. The number of likely N-dealkylation sites (tertiary alicyclic amines) is 1. The predicted molar refractivity (Wildman–Crippen MR) is 70.6 cm³/mol. The van der Waals surface area contributed by atoms with E-state index in [4.69, 9.17) is 9.47 Å². The molecule has 19 heavy (non-hydrogen) atoms. The van der Waals surface area contributed by atoms with Crippen molar-refractivity contribution < 1.29 is 24.6 Å². The van der Waals surface area contributed by atoms with E-state index in [9.17, 15) is 10.2 Å². The number of aliphatic hydroxyl groups excluding tert-OH is 2. The molecule has 0 spiro atoms. The summed E-state index contributed by atoms with van der Waals surface area (Å²) in [4.78, 5) is 1.09. The number of hydrogen-bond donors (Lipinski definition) is 3. The van der Waals surface area contributed by atoms with E-state index in [0.29, 0.717) is 11.5 Å². The lowest BCUT2D eigenvalue weighted by Gasteiger charge is -2.22. The predicted octanol–water partition coefficient (Wildman–Crippen LogP) is -0.616. The largest absolute Gasteiger partial charge is 0.493 e. The Labute approximate surface area is 113 Å². The van der Waals surface area contributed by atoms with E-state index in [0.717, 1.165) is 10.5 Å². The highest BCUT2D eigenvalue weighted by Gasteiger charge is 2.48. The summed E-state index contributed by atoms with van der Waals surface area (Å²) in [6.07, 6.45) is -1.48. The Bertz CT molecular complexity index is 437. The highest BCUT2D eigenvalue weighted by Crippen LogP contribution is 2.32. The zero-order chi connectivity index (χ0) is 14.2. The molecule has 1 aliphatic heterocycles. The van der Waals surface area contributed by atoms with E-state index in [-0.39, 0.29) is 12.1 Å². The first kappa shape index (κ1) is 14.1. The summed E-state index contributed by atoms with van der Waals surface area (Å²) in [6, 6.07) is 5.42. The lowest BCUT2D eigenvalue weighted by molar-refractivity contribution is -0.923. The quantitative estimate of drug-likeness (QED) is 0.684. The third-order valence-electron chi connectivity index (χ3n) is 4.18. The molecule has 0 amide bonds. The molecule has 0 bridgehead atoms. The molecular formula is C14H22NO4+. The number of ether oxygens (including phenoxy) is 2. The topological polar surface area (TPSA) is 63.4 Å². The summed E-state index contributed by atoms with van der Waals surface area (Å²) in [5, 5.41) is 20.2. The van der Waals surface area contributed by atoms with Crippen LogP contribution in [0.3, 0.4) is 0 Å². The monoisotopic (exact) mass is 268 g/mol. The summed E-state index contributed by atoms with van der Waals surface area (Å²) in [6.45, 7) is 1.93. The van der Waals surface area contributed by atoms with E-state index >= 15 is 0 Å². The van der Waals surface area contributed by atoms with Gasteiger partial charge in [-0.15, -0.1) is 0 Å². The lowest BCUT2D eigenvalue weighted by Crippen LogP contribution is -3.11. The molecule has 0 aliphatic carbocycles. The standard InChI is InChI=1S/C14H21NO4/c1-8-13(16)14(17)12(15(8)2)9-5-6-10(18-3)11(7-9)19-4/h5-8,12-14,16-17H,1-4H3/p+1/t8-,12-,13-,14-/m1/s1. The summed E-state index contributed by atoms with van der Waals surface area (Å²) in [7, 11) is 5.15. The van der Waals surface area contributed by atoms with Gasteiger partial charge in [-0.3, -0.25) is 0 Å². The maximum absolute atomic E-state index is 10.2. The Morgan fingerprint density at radius 3 is 2.16 bits per heavy atom. The SMILES string of the molecule is COc1ccc([C@@H]2[C@@H](O)[C@H](O)[C@@H](C)[NH+]2C)cc1OC. The van der Waals surface area contributed by atoms with E-state index in [1.54, 1.807) is 14.2 Å². The van der Waals surface area contributed by atoms with E-state index in [1.165, 1.54) is 0 Å². The van der Waals surface area contributed by atoms with Gasteiger partial charge in [0.2, 0.25) is 0 Å². The zero-order valence-corrected chi connectivity index (χ0v) is 11.8. The highest BCUT2D eigenvalue weighted by molar-refractivity contribution is 5.43. The first-order valence-corrected chi connectivity index (χ1v) is 6.42. The molecule has 0 aromatic heterocycles. The third kappa shape index (κ3) is 2.29. The fourth-order valence-corrected chi connectivity index (χ4v) is 2.82. The first-order chi connectivity index (χ1) is 9.01. The molecule has 1 aliphatic rings. The van der Waals surface area contributed by atoms with Crippen LogP contribution < -0.4 is 14.4 Å². The number of nitrogens with one attached hydrogen (secondary N) is 1. The molecule has 1 aromatic rings. The van der Waals surface area contributed by atoms with Gasteiger partial charge >= 0.3 is 0 Å². The second-order valence-electron chi connectivity index (χ2n) is 5.11. The molecule has 0 saturated carbocycles. The second-order valence-corrected chi connectivity index (χ2v) is 5.11. The van der Waals surface area contributed by atoms with Gasteiger partial charge in [0.15, 0.2) is 11.5 Å². The van der Waals surface area contributed by atoms with Gasteiger partial charge in [0, 0.05) is 5.56 Å². The van der Waals surface area contributed by atoms with Crippen LogP contribution in [-0.4, -0.2) is 49.7 Å². The Morgan fingerprint density at radius 2 is 1.68 bits per heavy atom. The first-order valence-electron chi connectivity index (χ1n) is 6.42. The molecule has 1 aromatic carbocycles. The zero-order valence-electron chi connectivity index (χ0n) is 11.8. The van der Waals surface area contributed by atoms with Gasteiger partial charge in [0.1, 0.15) is 24.3 Å². The molecule has 5 nitrogen and oxygen atoms in total. The Morgan fingerprint density at radius 1 is 1.05 bits per heavy atom. The minimum absolute atomic E-state index is 0.00639. The van der Waals surface area contributed by atoms with Crippen molar-refractivity contribution in [2.45, 2.75) is 31.2 Å². The molecule has 1 fully saturated rings. The molecule has 1 unspecified atom stereocenters. The van der Waals surface area contributed by atoms with Crippen molar-refractivity contribution in [3.05, 3.63) is 23.8 Å². The average molecular weight is 268 g/mol. The molecule has 2 rings (SSSR count). The van der Waals surface area contributed by atoms with Crippen LogP contribution in [0.4, 0.5) is 0 Å². The van der Waals surface area contributed by atoms with Crippen molar-refractivity contribution in [3.8, 4) is 11.5 Å². The van der Waals surface area contributed by atoms with E-state index in [1.807, 2.05) is 32.2 Å². The van der Waals surface area contributed by atoms with Gasteiger partial charge in [0.05, 0.1) is 21.3 Å². The number of quaternary nitrogens is 1. The molecule has 1 saturated heterocycles. The van der Waals surface area contributed by atoms with Crippen LogP contribution in [0.1, 0.15) is 18.5 Å². The third-order valence-corrected chi connectivity index (χ3v) is 4.18. The maximum Gasteiger partial charge on any atom is 0.161 e. The fourth-order valence-electron chi connectivity index (χ4n) is 2.82. The van der Waals surface area contributed by atoms with Crippen LogP contribution in [-0.2, 0) is 0 Å².